The van der Waals surface area contributed by atoms with Gasteiger partial charge in [-0.3, -0.25) is 4.79 Å². The van der Waals surface area contributed by atoms with Crippen LogP contribution in [0.2, 0.25) is 0 Å². The van der Waals surface area contributed by atoms with Gasteiger partial charge in [-0.15, -0.1) is 0 Å². The van der Waals surface area contributed by atoms with Crippen molar-refractivity contribution in [2.75, 3.05) is 18.8 Å². The number of hydrogen-bond acceptors (Lipinski definition) is 2. The van der Waals surface area contributed by atoms with E-state index in [0.29, 0.717) is 24.3 Å². The predicted octanol–water partition coefficient (Wildman–Crippen LogP) is 2.51. The number of anilines is 1. The number of nitrogens with zero attached hydrogens (tertiary/aromatic N) is 1. The Morgan fingerprint density at radius 2 is 2.11 bits per heavy atom. The Balaban J connectivity index is 2.29. The third-order valence-corrected chi connectivity index (χ3v) is 3.23. The third kappa shape index (κ3) is 2.37. The number of hydrogen-bond donors (Lipinski definition) is 1. The molecule has 2 rings (SSSR count). The van der Waals surface area contributed by atoms with Crippen LogP contribution >= 0.6 is 0 Å². The molecule has 0 aromatic heterocycles. The number of rotatable bonds is 1. The number of aryl methyl sites for hydroxylation is 1. The van der Waals surface area contributed by atoms with Gasteiger partial charge in [-0.05, 0) is 38.0 Å². The predicted molar refractivity (Wildman–Crippen MR) is 69.8 cm³/mol. The highest BCUT2D eigenvalue weighted by Crippen LogP contribution is 2.20. The highest BCUT2D eigenvalue weighted by atomic mass is 19.1. The van der Waals surface area contributed by atoms with E-state index in [1.807, 2.05) is 13.0 Å². The molecule has 0 aliphatic carbocycles. The van der Waals surface area contributed by atoms with Gasteiger partial charge in [0.1, 0.15) is 5.82 Å². The van der Waals surface area contributed by atoms with E-state index in [1.165, 1.54) is 17.7 Å². The number of halogens is 1. The average Bonchev–Trinajstić information content (AvgIpc) is 2.34. The van der Waals surface area contributed by atoms with E-state index < -0.39 is 5.82 Å². The Kier molecular flexibility index (Phi) is 3.36. The number of nitrogen functional groups attached to an aromatic ring is 1. The molecule has 0 saturated heterocycles. The molecule has 1 amide bonds. The third-order valence-electron chi connectivity index (χ3n) is 3.23. The summed E-state index contributed by atoms with van der Waals surface area (Å²) >= 11 is 0. The van der Waals surface area contributed by atoms with Gasteiger partial charge in [-0.25, -0.2) is 4.39 Å². The van der Waals surface area contributed by atoms with Crippen LogP contribution in [0.4, 0.5) is 10.1 Å². The summed E-state index contributed by atoms with van der Waals surface area (Å²) in [5.74, 6) is -0.757. The van der Waals surface area contributed by atoms with Gasteiger partial charge in [0.25, 0.3) is 5.91 Å². The highest BCUT2D eigenvalue weighted by Gasteiger charge is 2.21. The van der Waals surface area contributed by atoms with Gasteiger partial charge in [-0.1, -0.05) is 11.6 Å². The fraction of sp³-hybridized carbons (Fsp3) is 0.357. The lowest BCUT2D eigenvalue weighted by Gasteiger charge is -2.26. The summed E-state index contributed by atoms with van der Waals surface area (Å²) in [5, 5.41) is 0. The lowest BCUT2D eigenvalue weighted by atomic mass is 10.1. The van der Waals surface area contributed by atoms with Gasteiger partial charge in [0.05, 0.1) is 5.56 Å². The van der Waals surface area contributed by atoms with Crippen molar-refractivity contribution in [2.24, 2.45) is 0 Å². The first-order chi connectivity index (χ1) is 8.49. The van der Waals surface area contributed by atoms with Crippen molar-refractivity contribution in [2.45, 2.75) is 20.3 Å². The van der Waals surface area contributed by atoms with Crippen molar-refractivity contribution in [1.82, 2.24) is 4.90 Å². The Hall–Kier alpha value is -1.84. The van der Waals surface area contributed by atoms with Crippen LogP contribution in [0, 0.1) is 12.7 Å². The number of nitrogens with two attached hydrogens (primary N) is 1. The van der Waals surface area contributed by atoms with Crippen molar-refractivity contribution in [1.29, 1.82) is 0 Å². The van der Waals surface area contributed by atoms with Gasteiger partial charge >= 0.3 is 0 Å². The Bertz CT molecular complexity index is 523. The number of amides is 1. The van der Waals surface area contributed by atoms with Crippen LogP contribution in [0.3, 0.4) is 0 Å². The molecule has 1 aliphatic heterocycles. The normalized spacial score (nSPS) is 15.5. The Morgan fingerprint density at radius 3 is 2.72 bits per heavy atom. The molecule has 1 aromatic rings. The van der Waals surface area contributed by atoms with E-state index in [2.05, 4.69) is 0 Å². The molecule has 96 valence electrons. The van der Waals surface area contributed by atoms with E-state index in [1.54, 1.807) is 11.8 Å². The highest BCUT2D eigenvalue weighted by molar-refractivity contribution is 5.95. The van der Waals surface area contributed by atoms with Gasteiger partial charge < -0.3 is 10.6 Å². The molecule has 0 bridgehead atoms. The zero-order chi connectivity index (χ0) is 13.3. The second kappa shape index (κ2) is 4.80. The van der Waals surface area contributed by atoms with Gasteiger partial charge in [0.15, 0.2) is 0 Å². The molecule has 0 unspecified atom stereocenters. The first-order valence-corrected chi connectivity index (χ1v) is 5.99. The standard InChI is InChI=1S/C14H17FN2O/c1-9-3-5-17(6-4-9)14(18)12-8-11(16)7-10(2)13(12)15/h3,7-8H,4-6,16H2,1-2H3. The van der Waals surface area contributed by atoms with Crippen molar-refractivity contribution >= 4 is 11.6 Å². The summed E-state index contributed by atoms with van der Waals surface area (Å²) in [5.41, 5.74) is 7.83. The number of carbonyl (C=O) groups is 1. The number of benzene rings is 1. The van der Waals surface area contributed by atoms with E-state index in [0.717, 1.165) is 6.42 Å². The zero-order valence-electron chi connectivity index (χ0n) is 10.7. The number of carbonyl (C=O) groups excluding carboxylic acids is 1. The van der Waals surface area contributed by atoms with Gasteiger partial charge in [-0.2, -0.15) is 0 Å². The monoisotopic (exact) mass is 248 g/mol. The largest absolute Gasteiger partial charge is 0.399 e. The second-order valence-electron chi connectivity index (χ2n) is 4.75. The fourth-order valence-corrected chi connectivity index (χ4v) is 2.08. The average molecular weight is 248 g/mol. The molecule has 0 saturated carbocycles. The summed E-state index contributed by atoms with van der Waals surface area (Å²) in [7, 11) is 0. The minimum absolute atomic E-state index is 0.0699. The minimum atomic E-state index is -0.472. The molecular formula is C14H17FN2O. The Labute approximate surface area is 106 Å². The summed E-state index contributed by atoms with van der Waals surface area (Å²) in [6.07, 6.45) is 2.84. The summed E-state index contributed by atoms with van der Waals surface area (Å²) in [6.45, 7) is 4.82. The first kappa shape index (κ1) is 12.6. The zero-order valence-corrected chi connectivity index (χ0v) is 10.7. The summed E-state index contributed by atoms with van der Waals surface area (Å²) in [4.78, 5) is 13.9. The molecule has 3 nitrogen and oxygen atoms in total. The molecule has 0 spiro atoms. The van der Waals surface area contributed by atoms with E-state index >= 15 is 0 Å². The van der Waals surface area contributed by atoms with Crippen LogP contribution < -0.4 is 5.73 Å². The summed E-state index contributed by atoms with van der Waals surface area (Å²) < 4.78 is 13.9. The molecule has 1 aromatic carbocycles. The van der Waals surface area contributed by atoms with Crippen LogP contribution in [0.5, 0.6) is 0 Å². The Morgan fingerprint density at radius 1 is 1.39 bits per heavy atom. The van der Waals surface area contributed by atoms with E-state index in [9.17, 15) is 9.18 Å². The van der Waals surface area contributed by atoms with Gasteiger partial charge in [0.2, 0.25) is 0 Å². The van der Waals surface area contributed by atoms with Crippen molar-refractivity contribution < 1.29 is 9.18 Å². The second-order valence-corrected chi connectivity index (χ2v) is 4.75. The van der Waals surface area contributed by atoms with Crippen LogP contribution in [0.25, 0.3) is 0 Å². The quantitative estimate of drug-likeness (QED) is 0.613. The molecule has 1 heterocycles. The first-order valence-electron chi connectivity index (χ1n) is 5.99. The molecule has 0 radical (unpaired) electrons. The maximum atomic E-state index is 13.9. The molecule has 2 N–H and O–H groups in total. The molecule has 0 fully saturated rings. The minimum Gasteiger partial charge on any atom is -0.399 e. The molecular weight excluding hydrogens is 231 g/mol. The maximum absolute atomic E-state index is 13.9. The maximum Gasteiger partial charge on any atom is 0.257 e. The lowest BCUT2D eigenvalue weighted by molar-refractivity contribution is 0.0764. The van der Waals surface area contributed by atoms with Crippen molar-refractivity contribution in [3.05, 3.63) is 40.7 Å². The molecule has 0 atom stereocenters. The fourth-order valence-electron chi connectivity index (χ4n) is 2.08. The van der Waals surface area contributed by atoms with Crippen molar-refractivity contribution in [3.8, 4) is 0 Å². The SMILES string of the molecule is CC1=CCN(C(=O)c2cc(N)cc(C)c2F)CC1. The van der Waals surface area contributed by atoms with E-state index in [-0.39, 0.29) is 11.5 Å². The topological polar surface area (TPSA) is 46.3 Å². The van der Waals surface area contributed by atoms with Crippen LogP contribution in [-0.2, 0) is 0 Å². The van der Waals surface area contributed by atoms with Crippen LogP contribution in [0.15, 0.2) is 23.8 Å². The van der Waals surface area contributed by atoms with Crippen LogP contribution in [-0.4, -0.2) is 23.9 Å². The van der Waals surface area contributed by atoms with E-state index in [4.69, 9.17) is 5.73 Å². The van der Waals surface area contributed by atoms with Crippen LogP contribution in [0.1, 0.15) is 29.3 Å². The summed E-state index contributed by atoms with van der Waals surface area (Å²) in [6, 6.07) is 2.95. The smallest absolute Gasteiger partial charge is 0.257 e. The molecule has 1 aliphatic rings. The molecule has 4 heteroatoms. The lowest BCUT2D eigenvalue weighted by Crippen LogP contribution is -2.35. The molecule has 18 heavy (non-hydrogen) atoms. The van der Waals surface area contributed by atoms with Gasteiger partial charge in [0, 0.05) is 18.8 Å². The van der Waals surface area contributed by atoms with Crippen molar-refractivity contribution in [3.63, 3.8) is 0 Å².